The lowest BCUT2D eigenvalue weighted by atomic mass is 9.97. The van der Waals surface area contributed by atoms with Gasteiger partial charge in [0, 0.05) is 31.4 Å². The van der Waals surface area contributed by atoms with E-state index in [9.17, 15) is 4.79 Å². The number of anilines is 1. The topological polar surface area (TPSA) is 90.1 Å². The van der Waals surface area contributed by atoms with Crippen LogP contribution in [0.15, 0.2) is 35.5 Å². The summed E-state index contributed by atoms with van der Waals surface area (Å²) in [7, 11) is 1.89. The summed E-state index contributed by atoms with van der Waals surface area (Å²) < 4.78 is 12.7. The Labute approximate surface area is 234 Å². The number of carbonyl (C=O) groups is 1. The number of rotatable bonds is 10. The van der Waals surface area contributed by atoms with Gasteiger partial charge in [-0.25, -0.2) is 9.67 Å². The number of nitrogens with zero attached hydrogens (tertiary/aromatic N) is 6. The minimum Gasteiger partial charge on any atom is -0.476 e. The van der Waals surface area contributed by atoms with Crippen molar-refractivity contribution in [3.63, 3.8) is 0 Å². The van der Waals surface area contributed by atoms with Gasteiger partial charge in [0.25, 0.3) is 5.91 Å². The first-order chi connectivity index (χ1) is 18.7. The molecular weight excluding hydrogens is 510 g/mol. The number of nitrogens with one attached hydrogen (secondary N) is 1. The molecule has 2 saturated carbocycles. The fraction of sp³-hybridized carbons (Fsp3) is 0.586. The smallest absolute Gasteiger partial charge is 0.265 e. The Hall–Kier alpha value is -3.01. The average Bonchev–Trinajstić information content (AvgIpc) is 3.82. The van der Waals surface area contributed by atoms with Gasteiger partial charge in [-0.05, 0) is 101 Å². The van der Waals surface area contributed by atoms with Crippen LogP contribution in [0.5, 0.6) is 5.88 Å². The lowest BCUT2D eigenvalue weighted by molar-refractivity contribution is 0.0984. The zero-order valence-corrected chi connectivity index (χ0v) is 24.4. The summed E-state index contributed by atoms with van der Waals surface area (Å²) in [6.45, 7) is 10.3. The number of hydrogen-bond acceptors (Lipinski definition) is 7. The van der Waals surface area contributed by atoms with Crippen LogP contribution >= 0.6 is 11.9 Å². The van der Waals surface area contributed by atoms with Crippen LogP contribution in [0.25, 0.3) is 5.82 Å². The van der Waals surface area contributed by atoms with Crippen LogP contribution in [0.4, 0.5) is 5.82 Å². The van der Waals surface area contributed by atoms with E-state index in [1.54, 1.807) is 15.6 Å². The van der Waals surface area contributed by atoms with E-state index in [0.717, 1.165) is 42.0 Å². The Balaban J connectivity index is 1.24. The number of carbonyl (C=O) groups excluding carboxylic acids is 1. The quantitative estimate of drug-likeness (QED) is 0.348. The average molecular weight is 550 g/mol. The molecule has 3 aromatic rings. The largest absolute Gasteiger partial charge is 0.476 e. The van der Waals surface area contributed by atoms with Crippen molar-refractivity contribution in [2.45, 2.75) is 70.2 Å². The molecule has 6 rings (SSSR count). The van der Waals surface area contributed by atoms with Crippen molar-refractivity contribution in [1.82, 2.24) is 29.3 Å². The monoisotopic (exact) mass is 549 g/mol. The Morgan fingerprint density at radius 1 is 1.21 bits per heavy atom. The number of hydrogen-bond donors (Lipinski definition) is 1. The molecule has 2 aliphatic carbocycles. The molecule has 9 nitrogen and oxygen atoms in total. The van der Waals surface area contributed by atoms with E-state index in [1.165, 1.54) is 37.6 Å². The molecular formula is C29H39N7O2S. The molecule has 1 aliphatic heterocycles. The van der Waals surface area contributed by atoms with Crippen molar-refractivity contribution in [1.29, 1.82) is 0 Å². The fourth-order valence-electron chi connectivity index (χ4n) is 6.04. The lowest BCUT2D eigenvalue weighted by Gasteiger charge is -2.34. The summed E-state index contributed by atoms with van der Waals surface area (Å²) in [5, 5.41) is 8.96. The van der Waals surface area contributed by atoms with Gasteiger partial charge in [0.1, 0.15) is 5.82 Å². The Morgan fingerprint density at radius 3 is 2.56 bits per heavy atom. The third-order valence-corrected chi connectivity index (χ3v) is 9.46. The van der Waals surface area contributed by atoms with E-state index in [2.05, 4.69) is 35.5 Å². The molecule has 4 heterocycles. The van der Waals surface area contributed by atoms with E-state index < -0.39 is 0 Å². The standard InChI is InChI=1S/C29H39N7O2S/c1-18-14-29(3,4)35(16-18)27-22(28(37)33-39-24-15-30-34(5)19(24)2)10-11-25(31-27)36-13-12-26(32-36)38-17-23(20-6-7-20)21-8-9-21/h10-13,15,18,20-21,23H,6-9,14,16-17H2,1-5H3,(H,33,37). The number of ether oxygens (including phenoxy) is 1. The van der Waals surface area contributed by atoms with Crippen LogP contribution in [0, 0.1) is 30.6 Å². The summed E-state index contributed by atoms with van der Waals surface area (Å²) >= 11 is 1.28. The highest BCUT2D eigenvalue weighted by Crippen LogP contribution is 2.49. The van der Waals surface area contributed by atoms with Crippen LogP contribution < -0.4 is 14.4 Å². The fourth-order valence-corrected chi connectivity index (χ4v) is 6.73. The third-order valence-electron chi connectivity index (χ3n) is 8.56. The predicted molar refractivity (Wildman–Crippen MR) is 152 cm³/mol. The van der Waals surface area contributed by atoms with Gasteiger partial charge in [0.05, 0.1) is 29.0 Å². The van der Waals surface area contributed by atoms with Crippen molar-refractivity contribution in [3.8, 4) is 11.7 Å². The number of aromatic nitrogens is 5. The van der Waals surface area contributed by atoms with Crippen LogP contribution in [0.3, 0.4) is 0 Å². The molecule has 1 N–H and O–H groups in total. The Kier molecular flexibility index (Phi) is 6.85. The summed E-state index contributed by atoms with van der Waals surface area (Å²) in [6.07, 6.45) is 10.1. The number of pyridine rings is 1. The zero-order valence-electron chi connectivity index (χ0n) is 23.6. The second-order valence-electron chi connectivity index (χ2n) is 12.3. The van der Waals surface area contributed by atoms with E-state index in [0.29, 0.717) is 34.9 Å². The Bertz CT molecular complexity index is 1350. The molecule has 0 radical (unpaired) electrons. The normalized spacial score (nSPS) is 20.6. The first-order valence-corrected chi connectivity index (χ1v) is 14.9. The highest BCUT2D eigenvalue weighted by atomic mass is 32.2. The summed E-state index contributed by atoms with van der Waals surface area (Å²) in [6, 6.07) is 5.63. The highest BCUT2D eigenvalue weighted by molar-refractivity contribution is 7.98. The summed E-state index contributed by atoms with van der Waals surface area (Å²) in [4.78, 5) is 21.7. The maximum absolute atomic E-state index is 13.5. The van der Waals surface area contributed by atoms with Crippen LogP contribution in [0.2, 0.25) is 0 Å². The van der Waals surface area contributed by atoms with Crippen molar-refractivity contribution < 1.29 is 9.53 Å². The van der Waals surface area contributed by atoms with Gasteiger partial charge in [-0.15, -0.1) is 5.10 Å². The minimum absolute atomic E-state index is 0.119. The molecule has 208 valence electrons. The van der Waals surface area contributed by atoms with Crippen LogP contribution in [-0.2, 0) is 7.05 Å². The van der Waals surface area contributed by atoms with Gasteiger partial charge in [0.15, 0.2) is 5.82 Å². The second-order valence-corrected chi connectivity index (χ2v) is 13.1. The molecule has 1 unspecified atom stereocenters. The van der Waals surface area contributed by atoms with Crippen molar-refractivity contribution in [2.75, 3.05) is 18.1 Å². The molecule has 3 fully saturated rings. The minimum atomic E-state index is -0.177. The molecule has 39 heavy (non-hydrogen) atoms. The highest BCUT2D eigenvalue weighted by Gasteiger charge is 2.42. The summed E-state index contributed by atoms with van der Waals surface area (Å²) in [5.74, 6) is 4.66. The van der Waals surface area contributed by atoms with E-state index in [-0.39, 0.29) is 11.4 Å². The van der Waals surface area contributed by atoms with Crippen LogP contribution in [-0.4, -0.2) is 49.1 Å². The summed E-state index contributed by atoms with van der Waals surface area (Å²) in [5.41, 5.74) is 1.43. The van der Waals surface area contributed by atoms with Gasteiger partial charge in [-0.1, -0.05) is 6.92 Å². The molecule has 0 bridgehead atoms. The third kappa shape index (κ3) is 5.53. The van der Waals surface area contributed by atoms with Gasteiger partial charge >= 0.3 is 0 Å². The maximum Gasteiger partial charge on any atom is 0.265 e. The van der Waals surface area contributed by atoms with Gasteiger partial charge in [-0.3, -0.25) is 14.2 Å². The van der Waals surface area contributed by atoms with Crippen LogP contribution in [0.1, 0.15) is 68.9 Å². The van der Waals surface area contributed by atoms with Crippen molar-refractivity contribution in [3.05, 3.63) is 41.9 Å². The molecule has 0 spiro atoms. The Morgan fingerprint density at radius 2 is 1.95 bits per heavy atom. The first-order valence-electron chi connectivity index (χ1n) is 14.1. The second kappa shape index (κ2) is 10.2. The zero-order chi connectivity index (χ0) is 27.3. The van der Waals surface area contributed by atoms with E-state index in [1.807, 2.05) is 38.4 Å². The first kappa shape index (κ1) is 26.2. The number of aryl methyl sites for hydroxylation is 1. The molecule has 1 saturated heterocycles. The SMILES string of the molecule is Cc1c(SNC(=O)c2ccc(-n3ccc(OCC(C4CC4)C4CC4)n3)nc2N2CC(C)CC2(C)C)cnn1C. The lowest BCUT2D eigenvalue weighted by Crippen LogP contribution is -2.40. The van der Waals surface area contributed by atoms with Gasteiger partial charge in [-0.2, -0.15) is 5.10 Å². The molecule has 10 heteroatoms. The molecule has 3 aliphatic rings. The number of amides is 1. The van der Waals surface area contributed by atoms with Crippen molar-refractivity contribution in [2.24, 2.45) is 30.7 Å². The van der Waals surface area contributed by atoms with Gasteiger partial charge in [0.2, 0.25) is 5.88 Å². The predicted octanol–water partition coefficient (Wildman–Crippen LogP) is 5.19. The van der Waals surface area contributed by atoms with Gasteiger partial charge < -0.3 is 9.64 Å². The molecule has 0 aromatic carbocycles. The van der Waals surface area contributed by atoms with E-state index in [4.69, 9.17) is 14.8 Å². The molecule has 1 atom stereocenters. The van der Waals surface area contributed by atoms with Crippen molar-refractivity contribution >= 4 is 23.7 Å². The molecule has 3 aromatic heterocycles. The maximum atomic E-state index is 13.5. The van der Waals surface area contributed by atoms with E-state index >= 15 is 0 Å². The molecule has 1 amide bonds.